The number of amides is 2. The van der Waals surface area contributed by atoms with Gasteiger partial charge in [0.1, 0.15) is 0 Å². The van der Waals surface area contributed by atoms with Gasteiger partial charge in [0.15, 0.2) is 11.0 Å². The van der Waals surface area contributed by atoms with Crippen LogP contribution in [-0.2, 0) is 11.8 Å². The zero-order chi connectivity index (χ0) is 20.8. The third-order valence-corrected chi connectivity index (χ3v) is 6.32. The molecule has 0 spiro atoms. The van der Waals surface area contributed by atoms with Crippen molar-refractivity contribution in [2.24, 2.45) is 7.05 Å². The smallest absolute Gasteiger partial charge is 0.252 e. The minimum atomic E-state index is -0.301. The van der Waals surface area contributed by atoms with Crippen LogP contribution in [0.25, 0.3) is 0 Å². The monoisotopic (exact) mass is 415 g/mol. The van der Waals surface area contributed by atoms with E-state index in [4.69, 9.17) is 0 Å². The van der Waals surface area contributed by atoms with E-state index < -0.39 is 0 Å². The Morgan fingerprint density at radius 3 is 2.66 bits per heavy atom. The number of aryl methyl sites for hydroxylation is 1. The average molecular weight is 416 g/mol. The molecule has 8 heteroatoms. The molecular weight excluding hydrogens is 386 g/mol. The van der Waals surface area contributed by atoms with Crippen LogP contribution in [0.2, 0.25) is 0 Å². The Morgan fingerprint density at radius 2 is 1.93 bits per heavy atom. The third-order valence-electron chi connectivity index (χ3n) is 5.30. The van der Waals surface area contributed by atoms with E-state index in [-0.39, 0.29) is 17.9 Å². The van der Waals surface area contributed by atoms with Gasteiger partial charge in [-0.25, -0.2) is 0 Å². The highest BCUT2D eigenvalue weighted by molar-refractivity contribution is 7.99. The van der Waals surface area contributed by atoms with Crippen molar-refractivity contribution in [2.75, 3.05) is 5.75 Å². The Kier molecular flexibility index (Phi) is 7.30. The Bertz CT molecular complexity index is 861. The first-order valence-electron chi connectivity index (χ1n) is 10.1. The maximum atomic E-state index is 12.5. The maximum absolute atomic E-state index is 12.5. The van der Waals surface area contributed by atoms with Crippen LogP contribution in [0.15, 0.2) is 29.4 Å². The predicted octanol–water partition coefficient (Wildman–Crippen LogP) is 3.16. The Morgan fingerprint density at radius 1 is 1.21 bits per heavy atom. The van der Waals surface area contributed by atoms with E-state index in [0.717, 1.165) is 18.4 Å². The van der Waals surface area contributed by atoms with Gasteiger partial charge in [0, 0.05) is 18.7 Å². The fourth-order valence-electron chi connectivity index (χ4n) is 3.64. The zero-order valence-electron chi connectivity index (χ0n) is 17.3. The molecule has 1 aliphatic carbocycles. The number of hydrogen-bond donors (Lipinski definition) is 2. The molecule has 1 fully saturated rings. The summed E-state index contributed by atoms with van der Waals surface area (Å²) < 4.78 is 1.83. The number of nitrogens with zero attached hydrogens (tertiary/aromatic N) is 3. The minimum absolute atomic E-state index is 0.0346. The topological polar surface area (TPSA) is 88.9 Å². The van der Waals surface area contributed by atoms with E-state index in [9.17, 15) is 9.59 Å². The lowest BCUT2D eigenvalue weighted by Crippen LogP contribution is -2.37. The number of nitrogens with one attached hydrogen (secondary N) is 2. The molecule has 2 aromatic rings. The summed E-state index contributed by atoms with van der Waals surface area (Å²) in [5.41, 5.74) is 1.57. The highest BCUT2D eigenvalue weighted by atomic mass is 32.2. The van der Waals surface area contributed by atoms with E-state index in [0.29, 0.717) is 28.3 Å². The van der Waals surface area contributed by atoms with Crippen LogP contribution >= 0.6 is 11.8 Å². The van der Waals surface area contributed by atoms with Gasteiger partial charge in [-0.1, -0.05) is 49.2 Å². The Labute approximate surface area is 176 Å². The molecule has 1 aromatic carbocycles. The second kappa shape index (κ2) is 9.91. The SMILES string of the molecule is Cc1ccccc1C(=O)N[C@H](C)c1nnc(SCC(=O)NC2CCCCC2)n1C. The summed E-state index contributed by atoms with van der Waals surface area (Å²) in [5.74, 6) is 0.862. The van der Waals surface area contributed by atoms with Gasteiger partial charge in [-0.3, -0.25) is 9.59 Å². The first-order valence-corrected chi connectivity index (χ1v) is 11.1. The number of thioether (sulfide) groups is 1. The van der Waals surface area contributed by atoms with Gasteiger partial charge in [0.2, 0.25) is 5.91 Å². The first-order chi connectivity index (χ1) is 14.0. The molecule has 1 heterocycles. The highest BCUT2D eigenvalue weighted by Gasteiger charge is 2.20. The molecule has 1 aromatic heterocycles. The molecule has 0 radical (unpaired) electrons. The lowest BCUT2D eigenvalue weighted by molar-refractivity contribution is -0.119. The standard InChI is InChI=1S/C21H29N5O2S/c1-14-9-7-8-12-17(14)20(28)22-15(2)19-24-25-21(26(19)3)29-13-18(27)23-16-10-5-4-6-11-16/h7-9,12,15-16H,4-6,10-11,13H2,1-3H3,(H,22,28)(H,23,27)/t15-/m1/s1. The van der Waals surface area contributed by atoms with E-state index in [1.54, 1.807) is 6.07 Å². The van der Waals surface area contributed by atoms with Crippen LogP contribution in [0.4, 0.5) is 0 Å². The van der Waals surface area contributed by atoms with Crippen LogP contribution in [0.3, 0.4) is 0 Å². The molecule has 3 rings (SSSR count). The predicted molar refractivity (Wildman–Crippen MR) is 114 cm³/mol. The maximum Gasteiger partial charge on any atom is 0.252 e. The molecule has 0 saturated heterocycles. The molecule has 2 amide bonds. The summed E-state index contributed by atoms with van der Waals surface area (Å²) in [6, 6.07) is 7.48. The van der Waals surface area contributed by atoms with Gasteiger partial charge in [-0.05, 0) is 38.3 Å². The minimum Gasteiger partial charge on any atom is -0.353 e. The van der Waals surface area contributed by atoms with Crippen molar-refractivity contribution < 1.29 is 9.59 Å². The summed E-state index contributed by atoms with van der Waals surface area (Å²) in [6.45, 7) is 3.79. The van der Waals surface area contributed by atoms with Crippen molar-refractivity contribution in [1.29, 1.82) is 0 Å². The second-order valence-corrected chi connectivity index (χ2v) is 8.54. The van der Waals surface area contributed by atoms with Gasteiger partial charge < -0.3 is 15.2 Å². The number of carbonyl (C=O) groups excluding carboxylic acids is 2. The largest absolute Gasteiger partial charge is 0.353 e. The van der Waals surface area contributed by atoms with Crippen LogP contribution in [0.1, 0.15) is 66.8 Å². The Hall–Kier alpha value is -2.35. The number of hydrogen-bond acceptors (Lipinski definition) is 5. The quantitative estimate of drug-likeness (QED) is 0.678. The molecule has 7 nitrogen and oxygen atoms in total. The van der Waals surface area contributed by atoms with Gasteiger partial charge in [-0.15, -0.1) is 10.2 Å². The normalized spacial score (nSPS) is 15.7. The van der Waals surface area contributed by atoms with Crippen molar-refractivity contribution in [1.82, 2.24) is 25.4 Å². The molecule has 29 heavy (non-hydrogen) atoms. The molecule has 0 unspecified atom stereocenters. The van der Waals surface area contributed by atoms with Gasteiger partial charge >= 0.3 is 0 Å². The van der Waals surface area contributed by atoms with Crippen molar-refractivity contribution in [3.05, 3.63) is 41.2 Å². The molecule has 2 N–H and O–H groups in total. The number of benzene rings is 1. The molecule has 156 valence electrons. The summed E-state index contributed by atoms with van der Waals surface area (Å²) in [7, 11) is 1.85. The molecule has 1 atom stereocenters. The van der Waals surface area contributed by atoms with Crippen LogP contribution in [0, 0.1) is 6.92 Å². The number of aromatic nitrogens is 3. The molecule has 1 saturated carbocycles. The Balaban J connectivity index is 1.54. The van der Waals surface area contributed by atoms with Gasteiger partial charge in [0.05, 0.1) is 11.8 Å². The molecule has 0 aliphatic heterocycles. The van der Waals surface area contributed by atoms with Crippen molar-refractivity contribution in [3.8, 4) is 0 Å². The first kappa shape index (κ1) is 21.4. The van der Waals surface area contributed by atoms with Gasteiger partial charge in [0.25, 0.3) is 5.91 Å². The molecule has 0 bridgehead atoms. The van der Waals surface area contributed by atoms with Crippen LogP contribution in [-0.4, -0.2) is 38.4 Å². The summed E-state index contributed by atoms with van der Waals surface area (Å²) >= 11 is 1.36. The molecule has 1 aliphatic rings. The average Bonchev–Trinajstić information content (AvgIpc) is 3.08. The lowest BCUT2D eigenvalue weighted by atomic mass is 9.95. The summed E-state index contributed by atoms with van der Waals surface area (Å²) in [6.07, 6.45) is 5.79. The van der Waals surface area contributed by atoms with E-state index in [1.165, 1.54) is 31.0 Å². The number of carbonyl (C=O) groups is 2. The summed E-state index contributed by atoms with van der Waals surface area (Å²) in [5, 5.41) is 15.2. The second-order valence-electron chi connectivity index (χ2n) is 7.60. The van der Waals surface area contributed by atoms with Crippen LogP contribution < -0.4 is 10.6 Å². The van der Waals surface area contributed by atoms with Crippen molar-refractivity contribution in [3.63, 3.8) is 0 Å². The van der Waals surface area contributed by atoms with Crippen LogP contribution in [0.5, 0.6) is 0 Å². The zero-order valence-corrected chi connectivity index (χ0v) is 18.1. The van der Waals surface area contributed by atoms with Gasteiger partial charge in [-0.2, -0.15) is 0 Å². The lowest BCUT2D eigenvalue weighted by Gasteiger charge is -2.22. The van der Waals surface area contributed by atoms with E-state index >= 15 is 0 Å². The van der Waals surface area contributed by atoms with Crippen molar-refractivity contribution >= 4 is 23.6 Å². The summed E-state index contributed by atoms with van der Waals surface area (Å²) in [4.78, 5) is 24.8. The van der Waals surface area contributed by atoms with E-state index in [1.807, 2.05) is 43.7 Å². The third kappa shape index (κ3) is 5.59. The fourth-order valence-corrected chi connectivity index (χ4v) is 4.37. The highest BCUT2D eigenvalue weighted by Crippen LogP contribution is 2.21. The fraction of sp³-hybridized carbons (Fsp3) is 0.524. The van der Waals surface area contributed by atoms with E-state index in [2.05, 4.69) is 20.8 Å². The van der Waals surface area contributed by atoms with Crippen molar-refractivity contribution in [2.45, 2.75) is 63.2 Å². The molecular formula is C21H29N5O2S. The number of rotatable bonds is 7.